The van der Waals surface area contributed by atoms with Crippen LogP contribution in [0.2, 0.25) is 0 Å². The van der Waals surface area contributed by atoms with Crippen LogP contribution in [0.4, 0.5) is 5.95 Å². The largest absolute Gasteiger partial charge is 0.497 e. The molecule has 28 heavy (non-hydrogen) atoms. The summed E-state index contributed by atoms with van der Waals surface area (Å²) >= 11 is 0. The molecule has 7 heteroatoms. The molecule has 0 fully saturated rings. The van der Waals surface area contributed by atoms with E-state index in [1.54, 1.807) is 26.6 Å². The number of fused-ring (bicyclic) bond motifs is 1. The molecule has 0 atom stereocenters. The highest BCUT2D eigenvalue weighted by atomic mass is 16.5. The summed E-state index contributed by atoms with van der Waals surface area (Å²) in [5.41, 5.74) is 10.2. The molecule has 0 radical (unpaired) electrons. The summed E-state index contributed by atoms with van der Waals surface area (Å²) in [7, 11) is 3.26. The molecule has 0 unspecified atom stereocenters. The Morgan fingerprint density at radius 3 is 2.29 bits per heavy atom. The molecule has 3 N–H and O–H groups in total. The smallest absolute Gasteiger partial charge is 0.219 e. The van der Waals surface area contributed by atoms with Crippen LogP contribution in [-0.2, 0) is 0 Å². The van der Waals surface area contributed by atoms with E-state index in [0.717, 1.165) is 44.8 Å². The molecule has 0 aliphatic rings. The average Bonchev–Trinajstić information content (AvgIpc) is 3.14. The first kappa shape index (κ1) is 17.5. The van der Waals surface area contributed by atoms with Crippen LogP contribution in [0, 0.1) is 0 Å². The Kier molecular flexibility index (Phi) is 4.63. The number of methoxy groups -OCH3 is 2. The van der Waals surface area contributed by atoms with Crippen LogP contribution in [0.25, 0.3) is 34.2 Å². The third-order valence-electron chi connectivity index (χ3n) is 4.40. The van der Waals surface area contributed by atoms with Gasteiger partial charge in [-0.1, -0.05) is 12.1 Å². The number of nitrogens with one attached hydrogen (secondary N) is 1. The van der Waals surface area contributed by atoms with Crippen LogP contribution < -0.4 is 15.2 Å². The van der Waals surface area contributed by atoms with Gasteiger partial charge in [0.1, 0.15) is 11.5 Å². The number of hydrogen-bond acceptors (Lipinski definition) is 6. The third-order valence-corrected chi connectivity index (χ3v) is 4.40. The number of nitrogens with zero attached hydrogens (tertiary/aromatic N) is 3. The van der Waals surface area contributed by atoms with E-state index in [1.807, 2.05) is 48.6 Å². The Morgan fingerprint density at radius 1 is 0.893 bits per heavy atom. The Morgan fingerprint density at radius 2 is 1.61 bits per heavy atom. The van der Waals surface area contributed by atoms with Crippen molar-refractivity contribution in [2.24, 2.45) is 0 Å². The van der Waals surface area contributed by atoms with Crippen LogP contribution in [-0.4, -0.2) is 34.4 Å². The summed E-state index contributed by atoms with van der Waals surface area (Å²) in [5, 5.41) is 8.51. The van der Waals surface area contributed by atoms with Gasteiger partial charge < -0.3 is 15.2 Å². The van der Waals surface area contributed by atoms with Gasteiger partial charge in [0.2, 0.25) is 5.95 Å². The fourth-order valence-corrected chi connectivity index (χ4v) is 2.94. The molecule has 2 aromatic heterocycles. The first-order valence-electron chi connectivity index (χ1n) is 8.63. The maximum atomic E-state index is 5.55. The fourth-order valence-electron chi connectivity index (χ4n) is 2.94. The van der Waals surface area contributed by atoms with Crippen molar-refractivity contribution in [3.63, 3.8) is 0 Å². The number of aromatic amines is 1. The Bertz CT molecular complexity index is 1130. The second kappa shape index (κ2) is 7.40. The zero-order valence-electron chi connectivity index (χ0n) is 15.5. The number of nitrogen functional groups attached to an aromatic ring is 1. The third kappa shape index (κ3) is 3.50. The highest BCUT2D eigenvalue weighted by Gasteiger charge is 2.07. The van der Waals surface area contributed by atoms with Crippen LogP contribution in [0.3, 0.4) is 0 Å². The highest BCUT2D eigenvalue weighted by molar-refractivity contribution is 5.92. The second-order valence-electron chi connectivity index (χ2n) is 6.18. The fraction of sp³-hybridized carbons (Fsp3) is 0.0952. The van der Waals surface area contributed by atoms with E-state index in [9.17, 15) is 0 Å². The maximum absolute atomic E-state index is 5.55. The van der Waals surface area contributed by atoms with Gasteiger partial charge in [-0.05, 0) is 41.5 Å². The van der Waals surface area contributed by atoms with Crippen molar-refractivity contribution in [1.82, 2.24) is 20.2 Å². The quantitative estimate of drug-likeness (QED) is 0.552. The van der Waals surface area contributed by atoms with Gasteiger partial charge >= 0.3 is 0 Å². The standard InChI is InChI=1S/C21H19N5O2/c1-27-16-7-13(8-17(10-16)28-2)3-6-19-18-5-4-14(9-20(18)26-25-19)15-11-23-21(22)24-12-15/h3-12H,1-2H3,(H,25,26)(H2,22,23,24)/b6-3+. The molecule has 0 aliphatic heterocycles. The molecule has 140 valence electrons. The number of anilines is 1. The summed E-state index contributed by atoms with van der Waals surface area (Å²) < 4.78 is 10.6. The molecule has 0 aliphatic carbocycles. The zero-order chi connectivity index (χ0) is 19.5. The van der Waals surface area contributed by atoms with E-state index in [-0.39, 0.29) is 5.95 Å². The topological polar surface area (TPSA) is 98.9 Å². The van der Waals surface area contributed by atoms with Gasteiger partial charge in [-0.15, -0.1) is 0 Å². The molecular weight excluding hydrogens is 354 g/mol. The minimum atomic E-state index is 0.257. The van der Waals surface area contributed by atoms with Crippen molar-refractivity contribution in [3.05, 3.63) is 60.0 Å². The minimum Gasteiger partial charge on any atom is -0.497 e. The summed E-state index contributed by atoms with van der Waals surface area (Å²) in [5.74, 6) is 1.73. The number of rotatable bonds is 5. The molecule has 4 rings (SSSR count). The minimum absolute atomic E-state index is 0.257. The molecule has 0 bridgehead atoms. The lowest BCUT2D eigenvalue weighted by molar-refractivity contribution is 0.394. The molecule has 7 nitrogen and oxygen atoms in total. The van der Waals surface area contributed by atoms with Crippen LogP contribution in [0.5, 0.6) is 11.5 Å². The Hall–Kier alpha value is -3.87. The molecule has 0 saturated heterocycles. The maximum Gasteiger partial charge on any atom is 0.219 e. The van der Waals surface area contributed by atoms with E-state index >= 15 is 0 Å². The van der Waals surface area contributed by atoms with Crippen molar-refractivity contribution in [2.75, 3.05) is 20.0 Å². The lowest BCUT2D eigenvalue weighted by Crippen LogP contribution is -1.93. The Labute approximate surface area is 161 Å². The van der Waals surface area contributed by atoms with Crippen molar-refractivity contribution in [3.8, 4) is 22.6 Å². The number of aromatic nitrogens is 4. The van der Waals surface area contributed by atoms with Crippen molar-refractivity contribution < 1.29 is 9.47 Å². The summed E-state index contributed by atoms with van der Waals surface area (Å²) in [4.78, 5) is 8.08. The van der Waals surface area contributed by atoms with Gasteiger partial charge in [-0.3, -0.25) is 5.10 Å². The number of hydrogen-bond donors (Lipinski definition) is 2. The average molecular weight is 373 g/mol. The number of benzene rings is 2. The van der Waals surface area contributed by atoms with Crippen LogP contribution >= 0.6 is 0 Å². The zero-order valence-corrected chi connectivity index (χ0v) is 15.5. The predicted molar refractivity (Wildman–Crippen MR) is 110 cm³/mol. The van der Waals surface area contributed by atoms with E-state index < -0.39 is 0 Å². The van der Waals surface area contributed by atoms with E-state index in [0.29, 0.717) is 0 Å². The van der Waals surface area contributed by atoms with E-state index in [2.05, 4.69) is 20.2 Å². The van der Waals surface area contributed by atoms with Gasteiger partial charge in [0.15, 0.2) is 0 Å². The molecule has 2 heterocycles. The number of nitrogens with two attached hydrogens (primary N) is 1. The van der Waals surface area contributed by atoms with E-state index in [1.165, 1.54) is 0 Å². The Balaban J connectivity index is 1.65. The van der Waals surface area contributed by atoms with Crippen molar-refractivity contribution in [1.29, 1.82) is 0 Å². The summed E-state index contributed by atoms with van der Waals surface area (Å²) in [6, 6.07) is 11.8. The molecule has 2 aromatic carbocycles. The number of ether oxygens (including phenoxy) is 2. The first-order chi connectivity index (χ1) is 13.7. The molecule has 4 aromatic rings. The first-order valence-corrected chi connectivity index (χ1v) is 8.63. The van der Waals surface area contributed by atoms with Gasteiger partial charge in [0, 0.05) is 29.4 Å². The molecule has 0 saturated carbocycles. The molecular formula is C21H19N5O2. The van der Waals surface area contributed by atoms with Crippen LogP contribution in [0.1, 0.15) is 11.3 Å². The van der Waals surface area contributed by atoms with Gasteiger partial charge in [-0.2, -0.15) is 5.10 Å². The lowest BCUT2D eigenvalue weighted by Gasteiger charge is -2.05. The molecule has 0 spiro atoms. The normalized spacial score (nSPS) is 11.2. The van der Waals surface area contributed by atoms with Crippen molar-refractivity contribution in [2.45, 2.75) is 0 Å². The SMILES string of the molecule is COc1cc(/C=C/c2n[nH]c3cc(-c4cnc(N)nc4)ccc23)cc(OC)c1. The highest BCUT2D eigenvalue weighted by Crippen LogP contribution is 2.27. The second-order valence-corrected chi connectivity index (χ2v) is 6.18. The monoisotopic (exact) mass is 373 g/mol. The predicted octanol–water partition coefficient (Wildman–Crippen LogP) is 3.79. The summed E-state index contributed by atoms with van der Waals surface area (Å²) in [6.07, 6.45) is 7.34. The van der Waals surface area contributed by atoms with Crippen LogP contribution in [0.15, 0.2) is 48.8 Å². The molecule has 0 amide bonds. The van der Waals surface area contributed by atoms with Crippen molar-refractivity contribution >= 4 is 29.0 Å². The van der Waals surface area contributed by atoms with Gasteiger partial charge in [0.25, 0.3) is 0 Å². The van der Waals surface area contributed by atoms with Gasteiger partial charge in [-0.25, -0.2) is 9.97 Å². The van der Waals surface area contributed by atoms with E-state index in [4.69, 9.17) is 15.2 Å². The van der Waals surface area contributed by atoms with Gasteiger partial charge in [0.05, 0.1) is 25.4 Å². The number of H-pyrrole nitrogens is 1. The summed E-state index contributed by atoms with van der Waals surface area (Å²) in [6.45, 7) is 0. The lowest BCUT2D eigenvalue weighted by atomic mass is 10.1.